The van der Waals surface area contributed by atoms with Gasteiger partial charge in [0.2, 0.25) is 0 Å². The predicted molar refractivity (Wildman–Crippen MR) is 74.7 cm³/mol. The van der Waals surface area contributed by atoms with Gasteiger partial charge < -0.3 is 9.15 Å². The molecule has 1 heterocycles. The van der Waals surface area contributed by atoms with Gasteiger partial charge in [-0.25, -0.2) is 4.79 Å². The molecule has 2 aromatic carbocycles. The highest BCUT2D eigenvalue weighted by Crippen LogP contribution is 2.29. The van der Waals surface area contributed by atoms with Crippen molar-refractivity contribution in [2.24, 2.45) is 0 Å². The normalized spacial score (nSPS) is 10.8. The molecule has 0 amide bonds. The Bertz CT molecular complexity index is 814. The van der Waals surface area contributed by atoms with E-state index in [0.29, 0.717) is 5.58 Å². The SMILES string of the molecule is CCOC(=O)C(=O)c1ccc2c(c1)oc1ccccc12. The van der Waals surface area contributed by atoms with E-state index < -0.39 is 11.8 Å². The number of rotatable bonds is 3. The summed E-state index contributed by atoms with van der Waals surface area (Å²) in [6, 6.07) is 12.6. The third-order valence-electron chi connectivity index (χ3n) is 3.10. The van der Waals surface area contributed by atoms with Crippen LogP contribution in [0.3, 0.4) is 0 Å². The molecule has 0 bridgehead atoms. The number of hydrogen-bond acceptors (Lipinski definition) is 4. The van der Waals surface area contributed by atoms with E-state index >= 15 is 0 Å². The highest BCUT2D eigenvalue weighted by atomic mass is 16.5. The fourth-order valence-electron chi connectivity index (χ4n) is 2.18. The van der Waals surface area contributed by atoms with Crippen molar-refractivity contribution in [2.75, 3.05) is 6.61 Å². The Morgan fingerprint density at radius 2 is 1.80 bits per heavy atom. The number of furan rings is 1. The number of ether oxygens (including phenoxy) is 1. The maximum absolute atomic E-state index is 11.9. The number of Topliss-reactive ketones (excluding diaryl/α,β-unsaturated/α-hetero) is 1. The van der Waals surface area contributed by atoms with Crippen LogP contribution in [0.4, 0.5) is 0 Å². The summed E-state index contributed by atoms with van der Waals surface area (Å²) in [6.07, 6.45) is 0. The Morgan fingerprint density at radius 1 is 1.05 bits per heavy atom. The van der Waals surface area contributed by atoms with Gasteiger partial charge in [0, 0.05) is 16.3 Å². The molecule has 0 unspecified atom stereocenters. The summed E-state index contributed by atoms with van der Waals surface area (Å²) >= 11 is 0. The van der Waals surface area contributed by atoms with E-state index in [1.807, 2.05) is 24.3 Å². The van der Waals surface area contributed by atoms with Gasteiger partial charge in [-0.05, 0) is 31.2 Å². The summed E-state index contributed by atoms with van der Waals surface area (Å²) < 4.78 is 10.4. The molecular weight excluding hydrogens is 256 g/mol. The minimum Gasteiger partial charge on any atom is -0.460 e. The van der Waals surface area contributed by atoms with Crippen LogP contribution in [0.5, 0.6) is 0 Å². The Kier molecular flexibility index (Phi) is 2.99. The molecular formula is C16H12O4. The lowest BCUT2D eigenvalue weighted by Crippen LogP contribution is -2.17. The molecule has 1 aromatic heterocycles. The van der Waals surface area contributed by atoms with Crippen molar-refractivity contribution in [3.05, 3.63) is 48.0 Å². The molecule has 0 spiro atoms. The molecule has 0 radical (unpaired) electrons. The Balaban J connectivity index is 2.09. The number of carbonyl (C=O) groups is 2. The molecule has 100 valence electrons. The number of carbonyl (C=O) groups excluding carboxylic acids is 2. The van der Waals surface area contributed by atoms with Gasteiger partial charge in [0.15, 0.2) is 0 Å². The monoisotopic (exact) mass is 268 g/mol. The Hall–Kier alpha value is -2.62. The highest BCUT2D eigenvalue weighted by Gasteiger charge is 2.18. The van der Waals surface area contributed by atoms with Crippen LogP contribution in [0.15, 0.2) is 46.9 Å². The maximum atomic E-state index is 11.9. The topological polar surface area (TPSA) is 56.5 Å². The third-order valence-corrected chi connectivity index (χ3v) is 3.10. The largest absolute Gasteiger partial charge is 0.460 e. The van der Waals surface area contributed by atoms with Crippen molar-refractivity contribution >= 4 is 33.7 Å². The van der Waals surface area contributed by atoms with Crippen LogP contribution < -0.4 is 0 Å². The highest BCUT2D eigenvalue weighted by molar-refractivity contribution is 6.41. The zero-order valence-corrected chi connectivity index (χ0v) is 10.9. The summed E-state index contributed by atoms with van der Waals surface area (Å²) in [5.74, 6) is -1.50. The van der Waals surface area contributed by atoms with Crippen LogP contribution in [-0.4, -0.2) is 18.4 Å². The minimum absolute atomic E-state index is 0.178. The van der Waals surface area contributed by atoms with Crippen molar-refractivity contribution in [1.82, 2.24) is 0 Å². The van der Waals surface area contributed by atoms with E-state index in [0.717, 1.165) is 16.4 Å². The molecule has 20 heavy (non-hydrogen) atoms. The molecule has 0 saturated carbocycles. The summed E-state index contributed by atoms with van der Waals surface area (Å²) in [5, 5.41) is 1.90. The molecule has 0 atom stereocenters. The van der Waals surface area contributed by atoms with Gasteiger partial charge in [0.1, 0.15) is 11.2 Å². The van der Waals surface area contributed by atoms with E-state index in [1.165, 1.54) is 0 Å². The molecule has 0 aliphatic carbocycles. The summed E-state index contributed by atoms with van der Waals surface area (Å²) in [5.41, 5.74) is 1.61. The smallest absolute Gasteiger partial charge is 0.379 e. The fraction of sp³-hybridized carbons (Fsp3) is 0.125. The van der Waals surface area contributed by atoms with Crippen LogP contribution in [0.2, 0.25) is 0 Å². The number of fused-ring (bicyclic) bond motifs is 3. The minimum atomic E-state index is -0.844. The first kappa shape index (κ1) is 12.4. The fourth-order valence-corrected chi connectivity index (χ4v) is 2.18. The van der Waals surface area contributed by atoms with Gasteiger partial charge in [-0.3, -0.25) is 4.79 Å². The number of ketones is 1. The van der Waals surface area contributed by atoms with E-state index in [9.17, 15) is 9.59 Å². The summed E-state index contributed by atoms with van der Waals surface area (Å²) in [4.78, 5) is 23.3. The first-order valence-corrected chi connectivity index (χ1v) is 6.33. The zero-order chi connectivity index (χ0) is 14.1. The molecule has 4 heteroatoms. The van der Waals surface area contributed by atoms with Crippen molar-refractivity contribution in [1.29, 1.82) is 0 Å². The average Bonchev–Trinajstić information content (AvgIpc) is 2.84. The van der Waals surface area contributed by atoms with E-state index in [2.05, 4.69) is 0 Å². The molecule has 0 N–H and O–H groups in total. The number of esters is 1. The molecule has 0 saturated heterocycles. The molecule has 0 aliphatic rings. The molecule has 0 fully saturated rings. The van der Waals surface area contributed by atoms with Crippen molar-refractivity contribution < 1.29 is 18.7 Å². The number of benzene rings is 2. The molecule has 4 nitrogen and oxygen atoms in total. The van der Waals surface area contributed by atoms with Gasteiger partial charge in [-0.15, -0.1) is 0 Å². The third kappa shape index (κ3) is 1.95. The van der Waals surface area contributed by atoms with Crippen LogP contribution in [0, 0.1) is 0 Å². The summed E-state index contributed by atoms with van der Waals surface area (Å²) in [6.45, 7) is 1.84. The van der Waals surface area contributed by atoms with Crippen LogP contribution in [-0.2, 0) is 9.53 Å². The predicted octanol–water partition coefficient (Wildman–Crippen LogP) is 3.33. The van der Waals surface area contributed by atoms with Crippen molar-refractivity contribution in [3.63, 3.8) is 0 Å². The van der Waals surface area contributed by atoms with Gasteiger partial charge in [0.05, 0.1) is 6.61 Å². The lowest BCUT2D eigenvalue weighted by atomic mass is 10.1. The number of hydrogen-bond donors (Lipinski definition) is 0. The standard InChI is InChI=1S/C16H12O4/c1-2-19-16(18)15(17)10-7-8-12-11-5-3-4-6-13(11)20-14(12)9-10/h3-9H,2H2,1H3. The second-order valence-corrected chi connectivity index (χ2v) is 4.36. The van der Waals surface area contributed by atoms with Gasteiger partial charge >= 0.3 is 5.97 Å². The van der Waals surface area contributed by atoms with Crippen LogP contribution >= 0.6 is 0 Å². The van der Waals surface area contributed by atoms with Crippen molar-refractivity contribution in [2.45, 2.75) is 6.92 Å². The quantitative estimate of drug-likeness (QED) is 0.415. The van der Waals surface area contributed by atoms with E-state index in [4.69, 9.17) is 9.15 Å². The molecule has 3 aromatic rings. The first-order valence-electron chi connectivity index (χ1n) is 6.33. The molecule has 0 aliphatic heterocycles. The molecule has 3 rings (SSSR count). The lowest BCUT2D eigenvalue weighted by molar-refractivity contribution is -0.137. The average molecular weight is 268 g/mol. The van der Waals surface area contributed by atoms with Gasteiger partial charge in [-0.1, -0.05) is 18.2 Å². The summed E-state index contributed by atoms with van der Waals surface area (Å²) in [7, 11) is 0. The van der Waals surface area contributed by atoms with Crippen LogP contribution in [0.25, 0.3) is 21.9 Å². The maximum Gasteiger partial charge on any atom is 0.379 e. The van der Waals surface area contributed by atoms with Crippen LogP contribution in [0.1, 0.15) is 17.3 Å². The van der Waals surface area contributed by atoms with Gasteiger partial charge in [-0.2, -0.15) is 0 Å². The zero-order valence-electron chi connectivity index (χ0n) is 10.9. The number of para-hydroxylation sites is 1. The first-order chi connectivity index (χ1) is 9.70. The van der Waals surface area contributed by atoms with E-state index in [-0.39, 0.29) is 12.2 Å². The van der Waals surface area contributed by atoms with Gasteiger partial charge in [0.25, 0.3) is 5.78 Å². The Morgan fingerprint density at radius 3 is 2.60 bits per heavy atom. The van der Waals surface area contributed by atoms with E-state index in [1.54, 1.807) is 25.1 Å². The second kappa shape index (κ2) is 4.81. The lowest BCUT2D eigenvalue weighted by Gasteiger charge is -2.00. The van der Waals surface area contributed by atoms with Crippen molar-refractivity contribution in [3.8, 4) is 0 Å². The second-order valence-electron chi connectivity index (χ2n) is 4.36. The Labute approximate surface area is 114 Å².